The van der Waals surface area contributed by atoms with Gasteiger partial charge in [0.1, 0.15) is 11.9 Å². The second-order valence-electron chi connectivity index (χ2n) is 7.26. The summed E-state index contributed by atoms with van der Waals surface area (Å²) in [4.78, 5) is 4.71. The zero-order chi connectivity index (χ0) is 19.3. The van der Waals surface area contributed by atoms with Gasteiger partial charge in [-0.05, 0) is 37.3 Å². The summed E-state index contributed by atoms with van der Waals surface area (Å²) >= 11 is 0. The summed E-state index contributed by atoms with van der Waals surface area (Å²) < 4.78 is 30.7. The Bertz CT molecular complexity index is 739. The van der Waals surface area contributed by atoms with E-state index in [1.807, 2.05) is 25.1 Å². The highest BCUT2D eigenvalue weighted by Gasteiger charge is 2.25. The number of fused-ring (bicyclic) bond motifs is 1. The van der Waals surface area contributed by atoms with Crippen molar-refractivity contribution in [2.45, 2.75) is 32.3 Å². The largest absolute Gasteiger partial charge is 0.488 e. The molecule has 3 rings (SSSR count). The van der Waals surface area contributed by atoms with Crippen LogP contribution in [-0.4, -0.2) is 63.8 Å². The number of nitrogens with zero attached hydrogens (tertiary/aromatic N) is 2. The summed E-state index contributed by atoms with van der Waals surface area (Å²) in [5, 5.41) is 6.66. The quantitative estimate of drug-likeness (QED) is 0.339. The molecule has 0 bridgehead atoms. The van der Waals surface area contributed by atoms with Crippen LogP contribution in [0, 0.1) is 5.92 Å². The van der Waals surface area contributed by atoms with E-state index in [-0.39, 0.29) is 30.1 Å². The highest BCUT2D eigenvalue weighted by atomic mass is 127. The SMILES string of the molecule is CCNC(=NCC1CCN(S(C)(=O)=O)CC1)NCC1Cc2ccccc2O1.I. The van der Waals surface area contributed by atoms with Crippen molar-refractivity contribution in [1.29, 1.82) is 0 Å². The normalized spacial score (nSPS) is 20.8. The average molecular weight is 522 g/mol. The number of halogens is 1. The molecule has 28 heavy (non-hydrogen) atoms. The molecular formula is C19H31IN4O3S. The minimum absolute atomic E-state index is 0. The van der Waals surface area contributed by atoms with E-state index in [1.165, 1.54) is 11.8 Å². The van der Waals surface area contributed by atoms with Crippen molar-refractivity contribution in [3.8, 4) is 5.75 Å². The molecule has 1 saturated heterocycles. The summed E-state index contributed by atoms with van der Waals surface area (Å²) in [7, 11) is -3.07. The second-order valence-corrected chi connectivity index (χ2v) is 9.24. The molecule has 0 aliphatic carbocycles. The minimum atomic E-state index is -3.07. The van der Waals surface area contributed by atoms with Gasteiger partial charge >= 0.3 is 0 Å². The summed E-state index contributed by atoms with van der Waals surface area (Å²) in [6.07, 6.45) is 4.02. The Kier molecular flexibility index (Phi) is 8.81. The predicted octanol–water partition coefficient (Wildman–Crippen LogP) is 1.83. The lowest BCUT2D eigenvalue weighted by Crippen LogP contribution is -2.43. The van der Waals surface area contributed by atoms with E-state index in [0.29, 0.717) is 32.1 Å². The van der Waals surface area contributed by atoms with Crippen LogP contribution in [0.2, 0.25) is 0 Å². The van der Waals surface area contributed by atoms with Crippen molar-refractivity contribution < 1.29 is 13.2 Å². The number of hydrogen-bond acceptors (Lipinski definition) is 4. The highest BCUT2D eigenvalue weighted by Crippen LogP contribution is 2.27. The standard InChI is InChI=1S/C19H30N4O3S.HI/c1-3-20-19(21-13-15-8-10-23(11-9-15)27(2,24)25)22-14-17-12-16-6-4-5-7-18(16)26-17;/h4-7,15,17H,3,8-14H2,1-2H3,(H2,20,21,22);1H. The van der Waals surface area contributed by atoms with Crippen LogP contribution in [0.4, 0.5) is 0 Å². The minimum Gasteiger partial charge on any atom is -0.488 e. The fraction of sp³-hybridized carbons (Fsp3) is 0.632. The van der Waals surface area contributed by atoms with E-state index in [0.717, 1.165) is 37.5 Å². The summed E-state index contributed by atoms with van der Waals surface area (Å²) in [6, 6.07) is 8.16. The van der Waals surface area contributed by atoms with Gasteiger partial charge in [-0.25, -0.2) is 12.7 Å². The van der Waals surface area contributed by atoms with E-state index < -0.39 is 10.0 Å². The Hall–Kier alpha value is -1.07. The summed E-state index contributed by atoms with van der Waals surface area (Å²) in [6.45, 7) is 5.44. The van der Waals surface area contributed by atoms with Crippen molar-refractivity contribution in [2.75, 3.05) is 39.0 Å². The molecule has 0 aromatic heterocycles. The second kappa shape index (κ2) is 10.6. The third-order valence-corrected chi connectivity index (χ3v) is 6.41. The molecular weight excluding hydrogens is 491 g/mol. The molecule has 9 heteroatoms. The number of guanidine groups is 1. The molecule has 7 nitrogen and oxygen atoms in total. The first-order valence-corrected chi connectivity index (χ1v) is 11.5. The molecule has 0 spiro atoms. The van der Waals surface area contributed by atoms with E-state index in [9.17, 15) is 8.42 Å². The summed E-state index contributed by atoms with van der Waals surface area (Å²) in [5.74, 6) is 2.19. The van der Waals surface area contributed by atoms with Gasteiger partial charge in [-0.3, -0.25) is 4.99 Å². The van der Waals surface area contributed by atoms with Crippen LogP contribution in [0.3, 0.4) is 0 Å². The molecule has 1 aromatic rings. The maximum absolute atomic E-state index is 11.6. The van der Waals surface area contributed by atoms with E-state index in [2.05, 4.69) is 16.7 Å². The van der Waals surface area contributed by atoms with Crippen LogP contribution in [0.5, 0.6) is 5.75 Å². The van der Waals surface area contributed by atoms with Crippen molar-refractivity contribution in [2.24, 2.45) is 10.9 Å². The highest BCUT2D eigenvalue weighted by molar-refractivity contribution is 14.0. The Morgan fingerprint density at radius 2 is 1.96 bits per heavy atom. The zero-order valence-corrected chi connectivity index (χ0v) is 19.7. The molecule has 0 saturated carbocycles. The van der Waals surface area contributed by atoms with Crippen LogP contribution in [0.25, 0.3) is 0 Å². The van der Waals surface area contributed by atoms with Crippen LogP contribution in [0.15, 0.2) is 29.3 Å². The lowest BCUT2D eigenvalue weighted by Gasteiger charge is -2.29. The molecule has 2 N–H and O–H groups in total. The number of piperidine rings is 1. The Labute approximate surface area is 185 Å². The molecule has 1 unspecified atom stereocenters. The zero-order valence-electron chi connectivity index (χ0n) is 16.6. The smallest absolute Gasteiger partial charge is 0.211 e. The van der Waals surface area contributed by atoms with Crippen molar-refractivity contribution in [3.63, 3.8) is 0 Å². The van der Waals surface area contributed by atoms with Crippen LogP contribution < -0.4 is 15.4 Å². The number of rotatable bonds is 6. The molecule has 0 radical (unpaired) electrons. The van der Waals surface area contributed by atoms with E-state index >= 15 is 0 Å². The summed E-state index contributed by atoms with van der Waals surface area (Å²) in [5.41, 5.74) is 1.25. The molecule has 158 valence electrons. The van der Waals surface area contributed by atoms with Gasteiger partial charge in [0.2, 0.25) is 10.0 Å². The Balaban J connectivity index is 0.00000280. The molecule has 1 fully saturated rings. The van der Waals surface area contributed by atoms with Crippen LogP contribution in [-0.2, 0) is 16.4 Å². The number of sulfonamides is 1. The monoisotopic (exact) mass is 522 g/mol. The number of para-hydroxylation sites is 1. The number of benzene rings is 1. The predicted molar refractivity (Wildman–Crippen MR) is 123 cm³/mol. The van der Waals surface area contributed by atoms with Crippen molar-refractivity contribution in [1.82, 2.24) is 14.9 Å². The van der Waals surface area contributed by atoms with Gasteiger partial charge in [0.15, 0.2) is 5.96 Å². The Morgan fingerprint density at radius 1 is 1.25 bits per heavy atom. The topological polar surface area (TPSA) is 83.0 Å². The van der Waals surface area contributed by atoms with E-state index in [4.69, 9.17) is 9.73 Å². The number of aliphatic imine (C=N–C) groups is 1. The first kappa shape index (κ1) is 23.2. The lowest BCUT2D eigenvalue weighted by molar-refractivity contribution is 0.234. The first-order valence-electron chi connectivity index (χ1n) is 9.67. The maximum atomic E-state index is 11.6. The number of nitrogens with one attached hydrogen (secondary N) is 2. The van der Waals surface area contributed by atoms with Gasteiger partial charge in [-0.15, -0.1) is 24.0 Å². The van der Waals surface area contributed by atoms with Gasteiger partial charge in [-0.1, -0.05) is 18.2 Å². The maximum Gasteiger partial charge on any atom is 0.211 e. The van der Waals surface area contributed by atoms with Gasteiger partial charge in [0.25, 0.3) is 0 Å². The van der Waals surface area contributed by atoms with Crippen molar-refractivity contribution in [3.05, 3.63) is 29.8 Å². The molecule has 1 atom stereocenters. The average Bonchev–Trinajstić information content (AvgIpc) is 3.06. The first-order chi connectivity index (χ1) is 13.0. The molecule has 0 amide bonds. The lowest BCUT2D eigenvalue weighted by atomic mass is 9.98. The van der Waals surface area contributed by atoms with Gasteiger partial charge in [-0.2, -0.15) is 0 Å². The van der Waals surface area contributed by atoms with Crippen LogP contribution >= 0.6 is 24.0 Å². The van der Waals surface area contributed by atoms with Gasteiger partial charge in [0.05, 0.1) is 12.8 Å². The molecule has 2 aliphatic heterocycles. The molecule has 2 aliphatic rings. The third kappa shape index (κ3) is 6.48. The number of hydrogen-bond donors (Lipinski definition) is 2. The van der Waals surface area contributed by atoms with Crippen LogP contribution in [0.1, 0.15) is 25.3 Å². The Morgan fingerprint density at radius 3 is 2.61 bits per heavy atom. The molecule has 2 heterocycles. The van der Waals surface area contributed by atoms with Gasteiger partial charge in [0, 0.05) is 32.6 Å². The fourth-order valence-electron chi connectivity index (χ4n) is 3.56. The molecule has 1 aromatic carbocycles. The fourth-order valence-corrected chi connectivity index (χ4v) is 4.44. The third-order valence-electron chi connectivity index (χ3n) is 5.11. The number of ether oxygens (including phenoxy) is 1. The van der Waals surface area contributed by atoms with E-state index in [1.54, 1.807) is 4.31 Å². The van der Waals surface area contributed by atoms with Gasteiger partial charge < -0.3 is 15.4 Å². The van der Waals surface area contributed by atoms with Crippen molar-refractivity contribution >= 4 is 40.0 Å².